The van der Waals surface area contributed by atoms with Crippen LogP contribution >= 0.6 is 0 Å². The van der Waals surface area contributed by atoms with Gasteiger partial charge in [-0.2, -0.15) is 0 Å². The lowest BCUT2D eigenvalue weighted by Gasteiger charge is -2.29. The number of urea groups is 1. The number of hydrogen-bond acceptors (Lipinski definition) is 2. The molecule has 1 aromatic rings. The molecule has 2 saturated heterocycles. The van der Waals surface area contributed by atoms with Gasteiger partial charge in [0.05, 0.1) is 6.04 Å². The lowest BCUT2D eigenvalue weighted by atomic mass is 10.0. The molecule has 2 heterocycles. The van der Waals surface area contributed by atoms with E-state index in [9.17, 15) is 4.79 Å². The van der Waals surface area contributed by atoms with Gasteiger partial charge in [-0.25, -0.2) is 4.79 Å². The van der Waals surface area contributed by atoms with Crippen LogP contribution in [0.2, 0.25) is 0 Å². The summed E-state index contributed by atoms with van der Waals surface area (Å²) in [6.45, 7) is 2.99. The Balaban J connectivity index is 1.78. The highest BCUT2D eigenvalue weighted by atomic mass is 16.2. The van der Waals surface area contributed by atoms with E-state index in [-0.39, 0.29) is 12.1 Å². The topological polar surface area (TPSA) is 44.4 Å². The van der Waals surface area contributed by atoms with E-state index in [1.165, 1.54) is 30.5 Å². The lowest BCUT2D eigenvalue weighted by Crippen LogP contribution is -2.29. The average Bonchev–Trinajstić information content (AvgIpc) is 2.87. The molecule has 1 atom stereocenters. The van der Waals surface area contributed by atoms with Crippen molar-refractivity contribution in [1.29, 1.82) is 0 Å². The van der Waals surface area contributed by atoms with Crippen molar-refractivity contribution in [2.75, 3.05) is 24.5 Å². The third kappa shape index (κ3) is 2.28. The summed E-state index contributed by atoms with van der Waals surface area (Å²) in [5.74, 6) is 0. The summed E-state index contributed by atoms with van der Waals surface area (Å²) in [4.78, 5) is 13.6. The van der Waals surface area contributed by atoms with Crippen LogP contribution in [-0.4, -0.2) is 25.7 Å². The van der Waals surface area contributed by atoms with Crippen LogP contribution < -0.4 is 15.5 Å². The lowest BCUT2D eigenvalue weighted by molar-refractivity contribution is 0.247. The van der Waals surface area contributed by atoms with Crippen LogP contribution in [-0.2, 0) is 0 Å². The van der Waals surface area contributed by atoms with Crippen LogP contribution in [0.1, 0.15) is 30.9 Å². The molecule has 2 amide bonds. The molecule has 0 aromatic heterocycles. The van der Waals surface area contributed by atoms with E-state index in [0.29, 0.717) is 6.54 Å². The summed E-state index contributed by atoms with van der Waals surface area (Å²) in [6.07, 6.45) is 3.91. The number of hydrogen-bond donors (Lipinski definition) is 2. The Morgan fingerprint density at radius 3 is 2.72 bits per heavy atom. The van der Waals surface area contributed by atoms with Gasteiger partial charge in [0.2, 0.25) is 0 Å². The van der Waals surface area contributed by atoms with Crippen molar-refractivity contribution in [3.63, 3.8) is 0 Å². The first-order valence-corrected chi connectivity index (χ1v) is 6.72. The summed E-state index contributed by atoms with van der Waals surface area (Å²) >= 11 is 0. The highest BCUT2D eigenvalue weighted by Crippen LogP contribution is 2.24. The van der Waals surface area contributed by atoms with E-state index in [1.807, 2.05) is 0 Å². The van der Waals surface area contributed by atoms with Crippen molar-refractivity contribution in [2.24, 2.45) is 0 Å². The zero-order valence-electron chi connectivity index (χ0n) is 10.5. The molecule has 0 saturated carbocycles. The van der Waals surface area contributed by atoms with Gasteiger partial charge < -0.3 is 15.5 Å². The van der Waals surface area contributed by atoms with Gasteiger partial charge in [-0.05, 0) is 37.0 Å². The van der Waals surface area contributed by atoms with Gasteiger partial charge in [-0.15, -0.1) is 0 Å². The van der Waals surface area contributed by atoms with Crippen LogP contribution in [0.4, 0.5) is 10.5 Å². The molecule has 2 fully saturated rings. The number of piperidine rings is 1. The number of carbonyl (C=O) groups excluding carboxylic acids is 1. The highest BCUT2D eigenvalue weighted by molar-refractivity contribution is 5.77. The molecule has 2 aliphatic heterocycles. The molecule has 0 spiro atoms. The predicted octanol–water partition coefficient (Wildman–Crippen LogP) is 2.03. The molecule has 3 rings (SSSR count). The van der Waals surface area contributed by atoms with Gasteiger partial charge in [0.25, 0.3) is 0 Å². The molecule has 4 nitrogen and oxygen atoms in total. The molecule has 2 aliphatic rings. The van der Waals surface area contributed by atoms with E-state index >= 15 is 0 Å². The zero-order valence-corrected chi connectivity index (χ0v) is 10.5. The molecule has 2 N–H and O–H groups in total. The summed E-state index contributed by atoms with van der Waals surface area (Å²) < 4.78 is 0. The van der Waals surface area contributed by atoms with Gasteiger partial charge >= 0.3 is 6.03 Å². The molecule has 1 aromatic carbocycles. The second kappa shape index (κ2) is 4.88. The maximum absolute atomic E-state index is 11.2. The third-order valence-electron chi connectivity index (χ3n) is 3.77. The van der Waals surface area contributed by atoms with Crippen LogP contribution in [0.5, 0.6) is 0 Å². The number of rotatable bonds is 2. The smallest absolute Gasteiger partial charge is 0.315 e. The highest BCUT2D eigenvalue weighted by Gasteiger charge is 2.22. The molecule has 0 aliphatic carbocycles. The van der Waals surface area contributed by atoms with E-state index < -0.39 is 0 Å². The summed E-state index contributed by atoms with van der Waals surface area (Å²) in [5, 5.41) is 5.74. The van der Waals surface area contributed by atoms with Gasteiger partial charge in [-0.1, -0.05) is 12.1 Å². The SMILES string of the molecule is O=C1NCC(c2cccc(N3CCCCC3)c2)N1. The Labute approximate surface area is 107 Å². The maximum atomic E-state index is 11.2. The van der Waals surface area contributed by atoms with E-state index in [4.69, 9.17) is 0 Å². The number of nitrogens with one attached hydrogen (secondary N) is 2. The first-order chi connectivity index (χ1) is 8.83. The van der Waals surface area contributed by atoms with E-state index in [1.54, 1.807) is 0 Å². The van der Waals surface area contributed by atoms with Crippen LogP contribution in [0, 0.1) is 0 Å². The first kappa shape index (κ1) is 11.4. The largest absolute Gasteiger partial charge is 0.372 e. The minimum Gasteiger partial charge on any atom is -0.372 e. The Morgan fingerprint density at radius 2 is 2.00 bits per heavy atom. The molecule has 0 bridgehead atoms. The normalized spacial score (nSPS) is 23.7. The monoisotopic (exact) mass is 245 g/mol. The van der Waals surface area contributed by atoms with Crippen molar-refractivity contribution in [2.45, 2.75) is 25.3 Å². The minimum absolute atomic E-state index is 0.0663. The molecule has 18 heavy (non-hydrogen) atoms. The number of benzene rings is 1. The fourth-order valence-corrected chi connectivity index (χ4v) is 2.75. The van der Waals surface area contributed by atoms with Crippen molar-refractivity contribution >= 4 is 11.7 Å². The molecular formula is C14H19N3O. The van der Waals surface area contributed by atoms with Crippen LogP contribution in [0.3, 0.4) is 0 Å². The fourth-order valence-electron chi connectivity index (χ4n) is 2.75. The van der Waals surface area contributed by atoms with Gasteiger partial charge in [-0.3, -0.25) is 0 Å². The molecule has 4 heteroatoms. The second-order valence-corrected chi connectivity index (χ2v) is 5.05. The number of carbonyl (C=O) groups is 1. The number of nitrogens with zero attached hydrogens (tertiary/aromatic N) is 1. The average molecular weight is 245 g/mol. The zero-order chi connectivity index (χ0) is 12.4. The molecule has 0 radical (unpaired) electrons. The summed E-state index contributed by atoms with van der Waals surface area (Å²) in [7, 11) is 0. The van der Waals surface area contributed by atoms with Crippen molar-refractivity contribution < 1.29 is 4.79 Å². The third-order valence-corrected chi connectivity index (χ3v) is 3.77. The summed E-state index contributed by atoms with van der Waals surface area (Å²) in [5.41, 5.74) is 2.48. The minimum atomic E-state index is -0.0663. The maximum Gasteiger partial charge on any atom is 0.315 e. The Hall–Kier alpha value is -1.71. The standard InChI is InChI=1S/C14H19N3O/c18-14-15-10-13(16-14)11-5-4-6-12(9-11)17-7-2-1-3-8-17/h4-6,9,13H,1-3,7-8,10H2,(H2,15,16,18). The van der Waals surface area contributed by atoms with Gasteiger partial charge in [0.1, 0.15) is 0 Å². The van der Waals surface area contributed by atoms with E-state index in [0.717, 1.165) is 13.1 Å². The van der Waals surface area contributed by atoms with Crippen molar-refractivity contribution in [3.05, 3.63) is 29.8 Å². The number of amides is 2. The molecule has 96 valence electrons. The summed E-state index contributed by atoms with van der Waals surface area (Å²) in [6, 6.07) is 8.60. The fraction of sp³-hybridized carbons (Fsp3) is 0.500. The van der Waals surface area contributed by atoms with Gasteiger partial charge in [0, 0.05) is 25.3 Å². The second-order valence-electron chi connectivity index (χ2n) is 5.05. The molecule has 1 unspecified atom stereocenters. The van der Waals surface area contributed by atoms with E-state index in [2.05, 4.69) is 39.8 Å². The quantitative estimate of drug-likeness (QED) is 0.837. The Morgan fingerprint density at radius 1 is 1.17 bits per heavy atom. The Kier molecular flexibility index (Phi) is 3.09. The molecular weight excluding hydrogens is 226 g/mol. The van der Waals surface area contributed by atoms with Crippen molar-refractivity contribution in [1.82, 2.24) is 10.6 Å². The predicted molar refractivity (Wildman–Crippen MR) is 71.8 cm³/mol. The first-order valence-electron chi connectivity index (χ1n) is 6.72. The Bertz CT molecular complexity index is 440. The van der Waals surface area contributed by atoms with Gasteiger partial charge in [0.15, 0.2) is 0 Å². The van der Waals surface area contributed by atoms with Crippen LogP contribution in [0.25, 0.3) is 0 Å². The van der Waals surface area contributed by atoms with Crippen molar-refractivity contribution in [3.8, 4) is 0 Å². The number of anilines is 1. The van der Waals surface area contributed by atoms with Crippen LogP contribution in [0.15, 0.2) is 24.3 Å².